The van der Waals surface area contributed by atoms with E-state index in [9.17, 15) is 9.59 Å². The third kappa shape index (κ3) is 5.01. The van der Waals surface area contributed by atoms with Gasteiger partial charge in [-0.2, -0.15) is 0 Å². The van der Waals surface area contributed by atoms with Crippen molar-refractivity contribution < 1.29 is 19.4 Å². The molecule has 0 saturated heterocycles. The van der Waals surface area contributed by atoms with Crippen LogP contribution in [0.25, 0.3) is 0 Å². The largest absolute Gasteiger partial charge is 0.480 e. The van der Waals surface area contributed by atoms with Gasteiger partial charge in [0.25, 0.3) is 5.91 Å². The van der Waals surface area contributed by atoms with Crippen LogP contribution in [0.3, 0.4) is 0 Å². The molecule has 0 bridgehead atoms. The number of carboxylic acid groups (broad SMARTS) is 1. The van der Waals surface area contributed by atoms with Gasteiger partial charge in [0.1, 0.15) is 6.04 Å². The van der Waals surface area contributed by atoms with E-state index in [1.807, 2.05) is 13.8 Å². The number of rotatable bonds is 7. The minimum atomic E-state index is -1.01. The van der Waals surface area contributed by atoms with Crippen LogP contribution >= 0.6 is 0 Å². The van der Waals surface area contributed by atoms with Crippen LogP contribution in [0.1, 0.15) is 36.2 Å². The van der Waals surface area contributed by atoms with Gasteiger partial charge in [0.05, 0.1) is 6.61 Å². The summed E-state index contributed by atoms with van der Waals surface area (Å²) in [6.45, 7) is 4.32. The van der Waals surface area contributed by atoms with Gasteiger partial charge in [-0.15, -0.1) is 0 Å². The van der Waals surface area contributed by atoms with Crippen molar-refractivity contribution in [3.63, 3.8) is 0 Å². The number of carbonyl (C=O) groups is 2. The van der Waals surface area contributed by atoms with Gasteiger partial charge in [0.2, 0.25) is 0 Å². The van der Waals surface area contributed by atoms with Crippen molar-refractivity contribution in [2.75, 3.05) is 7.11 Å². The Morgan fingerprint density at radius 1 is 1.25 bits per heavy atom. The number of benzene rings is 1. The van der Waals surface area contributed by atoms with Gasteiger partial charge >= 0.3 is 5.97 Å². The Labute approximate surface area is 118 Å². The number of ether oxygens (including phenoxy) is 1. The Morgan fingerprint density at radius 2 is 1.85 bits per heavy atom. The molecule has 1 amide bonds. The Balaban J connectivity index is 2.70. The van der Waals surface area contributed by atoms with E-state index in [-0.39, 0.29) is 11.8 Å². The smallest absolute Gasteiger partial charge is 0.326 e. The lowest BCUT2D eigenvalue weighted by atomic mass is 10.0. The highest BCUT2D eigenvalue weighted by molar-refractivity contribution is 5.96. The second kappa shape index (κ2) is 7.65. The van der Waals surface area contributed by atoms with Crippen molar-refractivity contribution in [2.24, 2.45) is 5.92 Å². The molecule has 5 heteroatoms. The molecular weight excluding hydrogens is 258 g/mol. The zero-order chi connectivity index (χ0) is 15.1. The van der Waals surface area contributed by atoms with Gasteiger partial charge in [-0.1, -0.05) is 26.0 Å². The summed E-state index contributed by atoms with van der Waals surface area (Å²) in [5, 5.41) is 11.6. The summed E-state index contributed by atoms with van der Waals surface area (Å²) in [4.78, 5) is 23.1. The predicted octanol–water partition coefficient (Wildman–Crippen LogP) is 2.06. The molecule has 1 aromatic carbocycles. The monoisotopic (exact) mass is 279 g/mol. The molecule has 110 valence electrons. The van der Waals surface area contributed by atoms with E-state index in [1.54, 1.807) is 31.4 Å². The summed E-state index contributed by atoms with van der Waals surface area (Å²) in [5.74, 6) is -1.19. The van der Waals surface area contributed by atoms with Crippen LogP contribution in [0.5, 0.6) is 0 Å². The Bertz CT molecular complexity index is 453. The molecule has 5 nitrogen and oxygen atoms in total. The average molecular weight is 279 g/mol. The summed E-state index contributed by atoms with van der Waals surface area (Å²) < 4.78 is 4.99. The van der Waals surface area contributed by atoms with Crippen LogP contribution < -0.4 is 5.32 Å². The summed E-state index contributed by atoms with van der Waals surface area (Å²) >= 11 is 0. The predicted molar refractivity (Wildman–Crippen MR) is 75.5 cm³/mol. The molecule has 1 aromatic rings. The number of carbonyl (C=O) groups excluding carboxylic acids is 1. The van der Waals surface area contributed by atoms with E-state index in [0.29, 0.717) is 18.6 Å². The second-order valence-electron chi connectivity index (χ2n) is 5.12. The van der Waals surface area contributed by atoms with Crippen molar-refractivity contribution in [1.82, 2.24) is 5.32 Å². The Morgan fingerprint density at radius 3 is 2.30 bits per heavy atom. The van der Waals surface area contributed by atoms with Gasteiger partial charge in [0.15, 0.2) is 0 Å². The third-order valence-corrected chi connectivity index (χ3v) is 2.84. The number of amides is 1. The van der Waals surface area contributed by atoms with Gasteiger partial charge < -0.3 is 15.2 Å². The van der Waals surface area contributed by atoms with E-state index in [2.05, 4.69) is 5.32 Å². The standard InChI is InChI=1S/C15H21NO4/c1-10(2)8-13(15(18)19)16-14(17)12-6-4-11(5-7-12)9-20-3/h4-7,10,13H,8-9H2,1-3H3,(H,16,17)(H,18,19). The Kier molecular flexibility index (Phi) is 6.18. The fourth-order valence-corrected chi connectivity index (χ4v) is 1.85. The highest BCUT2D eigenvalue weighted by Gasteiger charge is 2.21. The molecule has 0 spiro atoms. The zero-order valence-electron chi connectivity index (χ0n) is 12.1. The first-order valence-corrected chi connectivity index (χ1v) is 6.55. The SMILES string of the molecule is COCc1ccc(C(=O)NC(CC(C)C)C(=O)O)cc1. The number of aliphatic carboxylic acids is 1. The van der Waals surface area contributed by atoms with Gasteiger partial charge in [0, 0.05) is 12.7 Å². The molecule has 0 aliphatic heterocycles. The fourth-order valence-electron chi connectivity index (χ4n) is 1.85. The minimum Gasteiger partial charge on any atom is -0.480 e. The van der Waals surface area contributed by atoms with Crippen molar-refractivity contribution in [2.45, 2.75) is 32.9 Å². The van der Waals surface area contributed by atoms with Gasteiger partial charge in [-0.05, 0) is 30.0 Å². The third-order valence-electron chi connectivity index (χ3n) is 2.84. The van der Waals surface area contributed by atoms with Crippen LogP contribution in [0.15, 0.2) is 24.3 Å². The maximum Gasteiger partial charge on any atom is 0.326 e. The molecular formula is C15H21NO4. The van der Waals surface area contributed by atoms with Crippen LogP contribution in [0.4, 0.5) is 0 Å². The number of hydrogen-bond donors (Lipinski definition) is 2. The second-order valence-corrected chi connectivity index (χ2v) is 5.12. The van der Waals surface area contributed by atoms with Crippen LogP contribution in [-0.2, 0) is 16.1 Å². The normalized spacial score (nSPS) is 12.2. The minimum absolute atomic E-state index is 0.195. The first kappa shape index (κ1) is 16.2. The Hall–Kier alpha value is -1.88. The van der Waals surface area contributed by atoms with E-state index < -0.39 is 12.0 Å². The molecule has 0 aliphatic carbocycles. The molecule has 1 rings (SSSR count). The molecule has 0 aromatic heterocycles. The average Bonchev–Trinajstić information content (AvgIpc) is 2.38. The number of carboxylic acids is 1. The van der Waals surface area contributed by atoms with E-state index in [1.165, 1.54) is 0 Å². The first-order valence-electron chi connectivity index (χ1n) is 6.55. The van der Waals surface area contributed by atoms with Crippen molar-refractivity contribution >= 4 is 11.9 Å². The van der Waals surface area contributed by atoms with Crippen LogP contribution in [0, 0.1) is 5.92 Å². The quantitative estimate of drug-likeness (QED) is 0.801. The van der Waals surface area contributed by atoms with E-state index in [4.69, 9.17) is 9.84 Å². The molecule has 20 heavy (non-hydrogen) atoms. The summed E-state index contributed by atoms with van der Waals surface area (Å²) in [7, 11) is 1.60. The molecule has 2 N–H and O–H groups in total. The van der Waals surface area contributed by atoms with E-state index >= 15 is 0 Å². The lowest BCUT2D eigenvalue weighted by molar-refractivity contribution is -0.139. The number of hydrogen-bond acceptors (Lipinski definition) is 3. The van der Waals surface area contributed by atoms with Crippen LogP contribution in [-0.4, -0.2) is 30.1 Å². The molecule has 1 atom stereocenters. The van der Waals surface area contributed by atoms with Gasteiger partial charge in [-0.3, -0.25) is 4.79 Å². The van der Waals surface area contributed by atoms with Crippen LogP contribution in [0.2, 0.25) is 0 Å². The number of nitrogens with one attached hydrogen (secondary N) is 1. The fraction of sp³-hybridized carbons (Fsp3) is 0.467. The molecule has 0 saturated carbocycles. The topological polar surface area (TPSA) is 75.6 Å². The highest BCUT2D eigenvalue weighted by atomic mass is 16.5. The lowest BCUT2D eigenvalue weighted by Gasteiger charge is -2.16. The number of methoxy groups -OCH3 is 1. The molecule has 0 fully saturated rings. The maximum atomic E-state index is 12.0. The molecule has 1 unspecified atom stereocenters. The summed E-state index contributed by atoms with van der Waals surface area (Å²) in [6, 6.07) is 6.05. The van der Waals surface area contributed by atoms with Gasteiger partial charge in [-0.25, -0.2) is 4.79 Å². The van der Waals surface area contributed by atoms with Crippen molar-refractivity contribution in [3.8, 4) is 0 Å². The maximum absolute atomic E-state index is 12.0. The molecule has 0 radical (unpaired) electrons. The summed E-state index contributed by atoms with van der Waals surface area (Å²) in [6.07, 6.45) is 0.406. The molecule has 0 heterocycles. The van der Waals surface area contributed by atoms with Crippen molar-refractivity contribution in [1.29, 1.82) is 0 Å². The lowest BCUT2D eigenvalue weighted by Crippen LogP contribution is -2.41. The molecule has 0 aliphatic rings. The van der Waals surface area contributed by atoms with Crippen molar-refractivity contribution in [3.05, 3.63) is 35.4 Å². The zero-order valence-corrected chi connectivity index (χ0v) is 12.1. The van der Waals surface area contributed by atoms with E-state index in [0.717, 1.165) is 5.56 Å². The first-order chi connectivity index (χ1) is 9.43. The highest BCUT2D eigenvalue weighted by Crippen LogP contribution is 2.09. The summed E-state index contributed by atoms with van der Waals surface area (Å²) in [5.41, 5.74) is 1.40.